The summed E-state index contributed by atoms with van der Waals surface area (Å²) in [5.41, 5.74) is 3.21. The molecule has 0 atom stereocenters. The predicted octanol–water partition coefficient (Wildman–Crippen LogP) is 5.05. The Bertz CT molecular complexity index is 884. The molecule has 0 aliphatic heterocycles. The third-order valence-electron chi connectivity index (χ3n) is 3.49. The van der Waals surface area contributed by atoms with Gasteiger partial charge >= 0.3 is 0 Å². The molecule has 4 rings (SSSR count). The molecule has 4 aromatic rings. The molecule has 3 aromatic carbocycles. The molecule has 0 unspecified atom stereocenters. The van der Waals surface area contributed by atoms with E-state index < -0.39 is 0 Å². The van der Waals surface area contributed by atoms with Crippen LogP contribution in [-0.2, 0) is 0 Å². The third-order valence-corrected chi connectivity index (χ3v) is 3.49. The van der Waals surface area contributed by atoms with Crippen LogP contribution in [0.1, 0.15) is 5.56 Å². The van der Waals surface area contributed by atoms with Crippen LogP contribution in [0.3, 0.4) is 0 Å². The van der Waals surface area contributed by atoms with Crippen LogP contribution in [0, 0.1) is 6.92 Å². The fraction of sp³-hybridized carbons (Fsp3) is 0.0588. The molecule has 1 heterocycles. The van der Waals surface area contributed by atoms with Gasteiger partial charge in [-0.3, -0.25) is 0 Å². The zero-order valence-corrected chi connectivity index (χ0v) is 10.1. The number of rotatable bonds is 0. The molecular weight excluding hydrogens is 220 g/mol. The summed E-state index contributed by atoms with van der Waals surface area (Å²) in [5, 5.41) is 4.89. The van der Waals surface area contributed by atoms with Crippen molar-refractivity contribution < 1.29 is 4.42 Å². The van der Waals surface area contributed by atoms with Gasteiger partial charge in [-0.15, -0.1) is 0 Å². The fourth-order valence-corrected chi connectivity index (χ4v) is 2.59. The lowest BCUT2D eigenvalue weighted by molar-refractivity contribution is 0.669. The van der Waals surface area contributed by atoms with Crippen molar-refractivity contribution >= 4 is 32.7 Å². The van der Waals surface area contributed by atoms with Gasteiger partial charge in [-0.1, -0.05) is 42.0 Å². The number of aryl methyl sites for hydroxylation is 1. The highest BCUT2D eigenvalue weighted by molar-refractivity contribution is 6.09. The van der Waals surface area contributed by atoms with Gasteiger partial charge in [0.1, 0.15) is 11.2 Å². The largest absolute Gasteiger partial charge is 0.456 e. The maximum atomic E-state index is 5.89. The molecule has 1 heteroatoms. The van der Waals surface area contributed by atoms with Crippen LogP contribution in [0.25, 0.3) is 32.7 Å². The van der Waals surface area contributed by atoms with Gasteiger partial charge in [0.2, 0.25) is 0 Å². The Morgan fingerprint density at radius 2 is 1.61 bits per heavy atom. The molecule has 0 saturated heterocycles. The monoisotopic (exact) mass is 232 g/mol. The lowest BCUT2D eigenvalue weighted by Gasteiger charge is -1.99. The Morgan fingerprint density at radius 3 is 2.56 bits per heavy atom. The molecule has 86 valence electrons. The summed E-state index contributed by atoms with van der Waals surface area (Å²) in [5.74, 6) is 0. The first kappa shape index (κ1) is 9.72. The van der Waals surface area contributed by atoms with Crippen LogP contribution >= 0.6 is 0 Å². The van der Waals surface area contributed by atoms with Crippen molar-refractivity contribution in [2.24, 2.45) is 0 Å². The van der Waals surface area contributed by atoms with Crippen molar-refractivity contribution in [3.05, 3.63) is 60.2 Å². The number of hydrogen-bond donors (Lipinski definition) is 0. The van der Waals surface area contributed by atoms with Crippen molar-refractivity contribution in [2.75, 3.05) is 0 Å². The summed E-state index contributed by atoms with van der Waals surface area (Å²) >= 11 is 0. The zero-order valence-electron chi connectivity index (χ0n) is 10.1. The van der Waals surface area contributed by atoms with E-state index in [9.17, 15) is 0 Å². The molecular formula is C17H12O. The Labute approximate surface area is 105 Å². The second kappa shape index (κ2) is 3.36. The molecule has 1 aromatic heterocycles. The molecule has 1 nitrogen and oxygen atoms in total. The summed E-state index contributed by atoms with van der Waals surface area (Å²) in [6.45, 7) is 2.12. The molecule has 0 aliphatic rings. The summed E-state index contributed by atoms with van der Waals surface area (Å²) < 4.78 is 5.89. The van der Waals surface area contributed by atoms with Gasteiger partial charge in [0, 0.05) is 10.8 Å². The second-order valence-corrected chi connectivity index (χ2v) is 4.80. The Kier molecular flexibility index (Phi) is 1.81. The van der Waals surface area contributed by atoms with Crippen LogP contribution in [0.15, 0.2) is 59.0 Å². The molecule has 0 fully saturated rings. The minimum atomic E-state index is 0.958. The van der Waals surface area contributed by atoms with Gasteiger partial charge in [-0.25, -0.2) is 0 Å². The second-order valence-electron chi connectivity index (χ2n) is 4.80. The SMILES string of the molecule is Cc1ccc2cc3oc4ccccc4c3cc2c1. The normalized spacial score (nSPS) is 11.6. The standard InChI is InChI=1S/C17H12O/c1-11-6-7-12-10-17-15(9-13(12)8-11)14-4-2-3-5-16(14)18-17/h2-10H,1H3. The van der Waals surface area contributed by atoms with E-state index in [2.05, 4.69) is 49.4 Å². The molecule has 0 bridgehead atoms. The molecule has 0 aliphatic carbocycles. The van der Waals surface area contributed by atoms with Gasteiger partial charge < -0.3 is 4.42 Å². The van der Waals surface area contributed by atoms with Crippen LogP contribution in [0.4, 0.5) is 0 Å². The average molecular weight is 232 g/mol. The van der Waals surface area contributed by atoms with Gasteiger partial charge in [0.05, 0.1) is 0 Å². The summed E-state index contributed by atoms with van der Waals surface area (Å²) in [7, 11) is 0. The Hall–Kier alpha value is -2.28. The van der Waals surface area contributed by atoms with Gasteiger partial charge in [0.25, 0.3) is 0 Å². The van der Waals surface area contributed by atoms with Crippen molar-refractivity contribution in [3.8, 4) is 0 Å². The van der Waals surface area contributed by atoms with Gasteiger partial charge in [-0.2, -0.15) is 0 Å². The highest BCUT2D eigenvalue weighted by atomic mass is 16.3. The molecule has 0 radical (unpaired) electrons. The van der Waals surface area contributed by atoms with E-state index in [0.29, 0.717) is 0 Å². The first-order chi connectivity index (χ1) is 8.81. The minimum absolute atomic E-state index is 0.958. The van der Waals surface area contributed by atoms with Crippen LogP contribution in [0.5, 0.6) is 0 Å². The van der Waals surface area contributed by atoms with Crippen molar-refractivity contribution in [2.45, 2.75) is 6.92 Å². The highest BCUT2D eigenvalue weighted by Gasteiger charge is 2.07. The van der Waals surface area contributed by atoms with E-state index in [4.69, 9.17) is 4.42 Å². The summed E-state index contributed by atoms with van der Waals surface area (Å²) in [6, 6.07) is 19.1. The van der Waals surface area contributed by atoms with E-state index >= 15 is 0 Å². The molecule has 18 heavy (non-hydrogen) atoms. The quantitative estimate of drug-likeness (QED) is 0.413. The first-order valence-corrected chi connectivity index (χ1v) is 6.13. The van der Waals surface area contributed by atoms with Gasteiger partial charge in [-0.05, 0) is 35.9 Å². The fourth-order valence-electron chi connectivity index (χ4n) is 2.59. The number of furan rings is 1. The Balaban J connectivity index is 2.24. The minimum Gasteiger partial charge on any atom is -0.456 e. The van der Waals surface area contributed by atoms with E-state index in [1.807, 2.05) is 12.1 Å². The average Bonchev–Trinajstić information content (AvgIpc) is 2.74. The summed E-state index contributed by atoms with van der Waals surface area (Å²) in [4.78, 5) is 0. The van der Waals surface area contributed by atoms with Crippen LogP contribution < -0.4 is 0 Å². The van der Waals surface area contributed by atoms with E-state index in [-0.39, 0.29) is 0 Å². The third kappa shape index (κ3) is 1.28. The van der Waals surface area contributed by atoms with Crippen LogP contribution in [-0.4, -0.2) is 0 Å². The lowest BCUT2D eigenvalue weighted by atomic mass is 10.0. The number of benzene rings is 3. The summed E-state index contributed by atoms with van der Waals surface area (Å²) in [6.07, 6.45) is 0. The molecule has 0 spiro atoms. The maximum absolute atomic E-state index is 5.89. The van der Waals surface area contributed by atoms with Crippen molar-refractivity contribution in [1.29, 1.82) is 0 Å². The molecule has 0 N–H and O–H groups in total. The van der Waals surface area contributed by atoms with E-state index in [1.165, 1.54) is 27.1 Å². The predicted molar refractivity (Wildman–Crippen MR) is 76.0 cm³/mol. The van der Waals surface area contributed by atoms with Crippen molar-refractivity contribution in [1.82, 2.24) is 0 Å². The molecule has 0 saturated carbocycles. The number of para-hydroxylation sites is 1. The topological polar surface area (TPSA) is 13.1 Å². The molecule has 0 amide bonds. The zero-order chi connectivity index (χ0) is 12.1. The maximum Gasteiger partial charge on any atom is 0.136 e. The lowest BCUT2D eigenvalue weighted by Crippen LogP contribution is -1.75. The number of fused-ring (bicyclic) bond motifs is 4. The van der Waals surface area contributed by atoms with Gasteiger partial charge in [0.15, 0.2) is 0 Å². The smallest absolute Gasteiger partial charge is 0.136 e. The van der Waals surface area contributed by atoms with Crippen molar-refractivity contribution in [3.63, 3.8) is 0 Å². The highest BCUT2D eigenvalue weighted by Crippen LogP contribution is 2.32. The van der Waals surface area contributed by atoms with Crippen LogP contribution in [0.2, 0.25) is 0 Å². The van der Waals surface area contributed by atoms with E-state index in [1.54, 1.807) is 0 Å². The Morgan fingerprint density at radius 1 is 0.722 bits per heavy atom. The first-order valence-electron chi connectivity index (χ1n) is 6.13. The van der Waals surface area contributed by atoms with E-state index in [0.717, 1.165) is 11.2 Å². The number of hydrogen-bond acceptors (Lipinski definition) is 1.